The van der Waals surface area contributed by atoms with E-state index in [4.69, 9.17) is 9.47 Å². The van der Waals surface area contributed by atoms with Crippen LogP contribution in [0.3, 0.4) is 0 Å². The maximum absolute atomic E-state index is 14.3. The fourth-order valence-corrected chi connectivity index (χ4v) is 2.79. The van der Waals surface area contributed by atoms with Crippen LogP contribution < -0.4 is 20.1 Å². The number of benzene rings is 1. The van der Waals surface area contributed by atoms with Crippen molar-refractivity contribution in [2.75, 3.05) is 18.5 Å². The van der Waals surface area contributed by atoms with E-state index in [1.54, 1.807) is 6.92 Å². The number of nitrogens with zero attached hydrogens (tertiary/aromatic N) is 1. The van der Waals surface area contributed by atoms with Crippen molar-refractivity contribution in [2.45, 2.75) is 32.2 Å². The maximum atomic E-state index is 14.3. The number of hydrogen-bond acceptors (Lipinski definition) is 6. The summed E-state index contributed by atoms with van der Waals surface area (Å²) in [5.41, 5.74) is -0.107. The largest absolute Gasteiger partial charge is 0.503 e. The molecule has 0 radical (unpaired) electrons. The predicted octanol–water partition coefficient (Wildman–Crippen LogP) is 3.12. The fraction of sp³-hybridized carbons (Fsp3) is 0.381. The van der Waals surface area contributed by atoms with Crippen molar-refractivity contribution in [1.29, 1.82) is 0 Å². The third-order valence-electron chi connectivity index (χ3n) is 4.65. The zero-order valence-corrected chi connectivity index (χ0v) is 17.3. The number of carbonyl (C=O) groups excluding carboxylic acids is 2. The first-order chi connectivity index (χ1) is 15.1. The van der Waals surface area contributed by atoms with Crippen molar-refractivity contribution >= 4 is 17.5 Å². The Morgan fingerprint density at radius 1 is 1.28 bits per heavy atom. The topological polar surface area (TPSA) is 110 Å². The molecular formula is C21H22F3N3O5. The normalized spacial score (nSPS) is 17.2. The van der Waals surface area contributed by atoms with Gasteiger partial charge in [0.25, 0.3) is 17.7 Å². The molecule has 0 spiro atoms. The highest BCUT2D eigenvalue weighted by Crippen LogP contribution is 2.48. The van der Waals surface area contributed by atoms with Crippen LogP contribution in [0.2, 0.25) is 0 Å². The molecule has 1 aromatic heterocycles. The predicted molar refractivity (Wildman–Crippen MR) is 108 cm³/mol. The lowest BCUT2D eigenvalue weighted by atomic mass is 10.2. The van der Waals surface area contributed by atoms with Crippen LogP contribution in [0.15, 0.2) is 30.5 Å². The molecule has 1 saturated carbocycles. The molecule has 1 fully saturated rings. The summed E-state index contributed by atoms with van der Waals surface area (Å²) in [6, 6.07) is 5.28. The van der Waals surface area contributed by atoms with E-state index < -0.39 is 41.2 Å². The molecular weight excluding hydrogens is 431 g/mol. The van der Waals surface area contributed by atoms with Crippen LogP contribution >= 0.6 is 0 Å². The molecule has 1 heterocycles. The Morgan fingerprint density at radius 3 is 2.53 bits per heavy atom. The van der Waals surface area contributed by atoms with Crippen molar-refractivity contribution < 1.29 is 37.3 Å². The van der Waals surface area contributed by atoms with Gasteiger partial charge >= 0.3 is 0 Å². The van der Waals surface area contributed by atoms with E-state index in [0.29, 0.717) is 5.75 Å². The smallest absolute Gasteiger partial charge is 0.255 e. The molecule has 3 N–H and O–H groups in total. The van der Waals surface area contributed by atoms with Gasteiger partial charge < -0.3 is 25.2 Å². The minimum absolute atomic E-state index is 0.0819. The van der Waals surface area contributed by atoms with Gasteiger partial charge in [-0.15, -0.1) is 0 Å². The van der Waals surface area contributed by atoms with Crippen LogP contribution in [0.1, 0.15) is 30.6 Å². The first kappa shape index (κ1) is 23.2. The van der Waals surface area contributed by atoms with Crippen molar-refractivity contribution in [3.63, 3.8) is 0 Å². The van der Waals surface area contributed by atoms with Gasteiger partial charge in [-0.2, -0.15) is 4.39 Å². The Labute approximate surface area is 181 Å². The summed E-state index contributed by atoms with van der Waals surface area (Å²) >= 11 is 0. The van der Waals surface area contributed by atoms with E-state index in [1.807, 2.05) is 0 Å². The molecule has 0 saturated heterocycles. The number of carbonyl (C=O) groups is 2. The number of alkyl halides is 2. The highest BCUT2D eigenvalue weighted by molar-refractivity contribution is 6.05. The van der Waals surface area contributed by atoms with Crippen LogP contribution in [-0.2, 0) is 4.79 Å². The number of amides is 2. The minimum atomic E-state index is -2.67. The van der Waals surface area contributed by atoms with Gasteiger partial charge in [0.2, 0.25) is 11.7 Å². The SMILES string of the molecule is CC(=O)N[C@@H](C)COc1ncc(NC(=O)c2ccc(OC[C@H]3CC3(F)F)cc2)c(O)c1F. The summed E-state index contributed by atoms with van der Waals surface area (Å²) in [6.45, 7) is 2.77. The monoisotopic (exact) mass is 453 g/mol. The summed E-state index contributed by atoms with van der Waals surface area (Å²) < 4.78 is 50.5. The zero-order valence-electron chi connectivity index (χ0n) is 17.3. The quantitative estimate of drug-likeness (QED) is 0.538. The Hall–Kier alpha value is -3.50. The molecule has 172 valence electrons. The molecule has 1 aliphatic carbocycles. The third kappa shape index (κ3) is 5.80. The van der Waals surface area contributed by atoms with Crippen LogP contribution in [0.4, 0.5) is 18.9 Å². The lowest BCUT2D eigenvalue weighted by Crippen LogP contribution is -2.35. The molecule has 0 bridgehead atoms. The van der Waals surface area contributed by atoms with E-state index >= 15 is 0 Å². The van der Waals surface area contributed by atoms with Gasteiger partial charge in [-0.05, 0) is 31.2 Å². The molecule has 0 unspecified atom stereocenters. The number of hydrogen-bond donors (Lipinski definition) is 3. The van der Waals surface area contributed by atoms with Crippen molar-refractivity contribution in [2.24, 2.45) is 5.92 Å². The lowest BCUT2D eigenvalue weighted by molar-refractivity contribution is -0.119. The molecule has 2 amide bonds. The van der Waals surface area contributed by atoms with Gasteiger partial charge in [-0.3, -0.25) is 9.59 Å². The lowest BCUT2D eigenvalue weighted by Gasteiger charge is -2.15. The number of nitrogens with one attached hydrogen (secondary N) is 2. The first-order valence-corrected chi connectivity index (χ1v) is 9.76. The molecule has 1 aliphatic rings. The van der Waals surface area contributed by atoms with Gasteiger partial charge in [0, 0.05) is 18.9 Å². The molecule has 1 aromatic carbocycles. The standard InChI is InChI=1S/C21H22F3N3O5/c1-11(26-12(2)28)9-32-20-17(22)18(29)16(8-25-20)27-19(30)13-3-5-15(6-4-13)31-10-14-7-21(14,23)24/h3-6,8,11,14H,7,9-10H2,1-2H3,(H,25,29)(H,26,28)(H,27,30)/t11-,14+/m0/s1. The van der Waals surface area contributed by atoms with Crippen LogP contribution in [-0.4, -0.2) is 47.1 Å². The Bertz CT molecular complexity index is 1000. The van der Waals surface area contributed by atoms with E-state index in [1.165, 1.54) is 31.2 Å². The summed E-state index contributed by atoms with van der Waals surface area (Å²) in [7, 11) is 0. The van der Waals surface area contributed by atoms with Gasteiger partial charge in [0.15, 0.2) is 5.75 Å². The minimum Gasteiger partial charge on any atom is -0.503 e. The number of aromatic nitrogens is 1. The molecule has 2 aromatic rings. The molecule has 11 heteroatoms. The second-order valence-electron chi connectivity index (χ2n) is 7.50. The Morgan fingerprint density at radius 2 is 1.94 bits per heavy atom. The number of rotatable bonds is 9. The van der Waals surface area contributed by atoms with E-state index in [0.717, 1.165) is 6.20 Å². The molecule has 8 nitrogen and oxygen atoms in total. The number of halogens is 3. The summed E-state index contributed by atoms with van der Waals surface area (Å²) in [5.74, 6) is -6.59. The number of ether oxygens (including phenoxy) is 2. The second kappa shape index (κ2) is 9.33. The molecule has 0 aliphatic heterocycles. The van der Waals surface area contributed by atoms with Crippen molar-refractivity contribution in [3.8, 4) is 17.4 Å². The highest BCUT2D eigenvalue weighted by Gasteiger charge is 2.57. The number of anilines is 1. The Kier molecular flexibility index (Phi) is 6.75. The van der Waals surface area contributed by atoms with Crippen LogP contribution in [0, 0.1) is 11.7 Å². The van der Waals surface area contributed by atoms with Crippen LogP contribution in [0.5, 0.6) is 17.4 Å². The van der Waals surface area contributed by atoms with Crippen LogP contribution in [0.25, 0.3) is 0 Å². The van der Waals surface area contributed by atoms with Gasteiger partial charge in [-0.1, -0.05) is 0 Å². The number of pyridine rings is 1. The Balaban J connectivity index is 1.57. The van der Waals surface area contributed by atoms with E-state index in [2.05, 4.69) is 15.6 Å². The summed E-state index contributed by atoms with van der Waals surface area (Å²) in [4.78, 5) is 27.1. The fourth-order valence-electron chi connectivity index (χ4n) is 2.79. The second-order valence-corrected chi connectivity index (χ2v) is 7.50. The zero-order chi connectivity index (χ0) is 23.5. The van der Waals surface area contributed by atoms with Gasteiger partial charge in [0.1, 0.15) is 18.0 Å². The van der Waals surface area contributed by atoms with Crippen molar-refractivity contribution in [1.82, 2.24) is 10.3 Å². The average molecular weight is 453 g/mol. The van der Waals surface area contributed by atoms with Gasteiger partial charge in [0.05, 0.1) is 24.8 Å². The van der Waals surface area contributed by atoms with E-state index in [-0.39, 0.29) is 36.8 Å². The molecule has 3 rings (SSSR count). The highest BCUT2D eigenvalue weighted by atomic mass is 19.3. The van der Waals surface area contributed by atoms with E-state index in [9.17, 15) is 27.9 Å². The maximum Gasteiger partial charge on any atom is 0.255 e. The summed E-state index contributed by atoms with van der Waals surface area (Å²) in [5, 5.41) is 14.9. The van der Waals surface area contributed by atoms with Crippen molar-refractivity contribution in [3.05, 3.63) is 41.8 Å². The first-order valence-electron chi connectivity index (χ1n) is 9.76. The average Bonchev–Trinajstić information content (AvgIpc) is 3.35. The number of aromatic hydroxyl groups is 1. The van der Waals surface area contributed by atoms with Gasteiger partial charge in [-0.25, -0.2) is 13.8 Å². The molecule has 2 atom stereocenters. The summed E-state index contributed by atoms with van der Waals surface area (Å²) in [6.07, 6.45) is 0.835. The third-order valence-corrected chi connectivity index (χ3v) is 4.65. The molecule has 32 heavy (non-hydrogen) atoms.